The Morgan fingerprint density at radius 1 is 1.00 bits per heavy atom. The molecule has 2 aromatic rings. The number of hydrogen-bond acceptors (Lipinski definition) is 6. The molecule has 2 saturated heterocycles. The van der Waals surface area contributed by atoms with Gasteiger partial charge in [0.1, 0.15) is 17.7 Å². The van der Waals surface area contributed by atoms with Crippen molar-refractivity contribution in [3.8, 4) is 0 Å². The molecule has 10 heteroatoms. The van der Waals surface area contributed by atoms with Gasteiger partial charge >= 0.3 is 6.09 Å². The number of nitrogens with zero attached hydrogens (tertiary/aromatic N) is 3. The van der Waals surface area contributed by atoms with Crippen molar-refractivity contribution in [2.24, 2.45) is 5.92 Å². The Bertz CT molecular complexity index is 1200. The number of piperidine rings is 1. The molecular formula is C30H42N4O5S. The van der Waals surface area contributed by atoms with Crippen LogP contribution in [0, 0.1) is 5.92 Å². The molecule has 2 atom stereocenters. The lowest BCUT2D eigenvalue weighted by molar-refractivity contribution is -0.144. The molecule has 1 aromatic heterocycles. The van der Waals surface area contributed by atoms with Crippen LogP contribution in [0.2, 0.25) is 0 Å². The van der Waals surface area contributed by atoms with Crippen molar-refractivity contribution < 1.29 is 23.9 Å². The van der Waals surface area contributed by atoms with Crippen LogP contribution in [0.15, 0.2) is 30.3 Å². The van der Waals surface area contributed by atoms with Gasteiger partial charge in [0.05, 0.1) is 4.88 Å². The first-order valence-corrected chi connectivity index (χ1v) is 15.1. The summed E-state index contributed by atoms with van der Waals surface area (Å²) < 4.78 is 6.59. The van der Waals surface area contributed by atoms with Gasteiger partial charge in [-0.15, -0.1) is 11.3 Å². The maximum Gasteiger partial charge on any atom is 0.410 e. The summed E-state index contributed by atoms with van der Waals surface area (Å²) in [5.41, 5.74) is -0.632. The van der Waals surface area contributed by atoms with Crippen LogP contribution in [0.1, 0.15) is 70.0 Å². The van der Waals surface area contributed by atoms with E-state index < -0.39 is 23.8 Å². The van der Waals surface area contributed by atoms with Gasteiger partial charge in [0.15, 0.2) is 0 Å². The van der Waals surface area contributed by atoms with E-state index in [0.29, 0.717) is 50.4 Å². The smallest absolute Gasteiger partial charge is 0.410 e. The van der Waals surface area contributed by atoms with Crippen molar-refractivity contribution in [1.82, 2.24) is 20.0 Å². The average molecular weight is 571 g/mol. The minimum Gasteiger partial charge on any atom is -0.444 e. The van der Waals surface area contributed by atoms with Gasteiger partial charge in [-0.2, -0.15) is 0 Å². The van der Waals surface area contributed by atoms with Crippen LogP contribution in [0.3, 0.4) is 0 Å². The molecule has 0 aliphatic carbocycles. The highest BCUT2D eigenvalue weighted by Crippen LogP contribution is 2.26. The molecule has 4 amide bonds. The van der Waals surface area contributed by atoms with Crippen molar-refractivity contribution in [2.45, 2.75) is 78.0 Å². The van der Waals surface area contributed by atoms with Gasteiger partial charge in [0, 0.05) is 37.4 Å². The maximum absolute atomic E-state index is 13.6. The van der Waals surface area contributed by atoms with Crippen molar-refractivity contribution in [3.63, 3.8) is 0 Å². The number of fused-ring (bicyclic) bond motifs is 1. The number of ether oxygens (including phenoxy) is 1. The van der Waals surface area contributed by atoms with E-state index in [1.165, 1.54) is 11.3 Å². The Balaban J connectivity index is 1.37. The highest BCUT2D eigenvalue weighted by Gasteiger charge is 2.38. The number of thiophene rings is 1. The summed E-state index contributed by atoms with van der Waals surface area (Å²) in [5.74, 6) is -0.240. The molecule has 0 bridgehead atoms. The topological polar surface area (TPSA) is 99.3 Å². The van der Waals surface area contributed by atoms with Crippen molar-refractivity contribution in [3.05, 3.63) is 35.2 Å². The Morgan fingerprint density at radius 3 is 2.33 bits per heavy atom. The lowest BCUT2D eigenvalue weighted by Crippen LogP contribution is -2.60. The number of hydrogen-bond donors (Lipinski definition) is 1. The average Bonchev–Trinajstić information content (AvgIpc) is 3.35. The van der Waals surface area contributed by atoms with E-state index in [9.17, 15) is 19.2 Å². The normalized spacial score (nSPS) is 19.1. The van der Waals surface area contributed by atoms with Crippen LogP contribution in [-0.4, -0.2) is 88.9 Å². The molecule has 4 rings (SSSR count). The second kappa shape index (κ2) is 12.6. The third-order valence-electron chi connectivity index (χ3n) is 7.28. The first kappa shape index (κ1) is 29.8. The molecule has 1 N–H and O–H groups in total. The van der Waals surface area contributed by atoms with E-state index in [1.807, 2.05) is 65.0 Å². The molecule has 40 heavy (non-hydrogen) atoms. The van der Waals surface area contributed by atoms with Gasteiger partial charge in [-0.25, -0.2) is 4.79 Å². The standard InChI is InChI=1S/C30H42N4O5S/c1-20(2)18-22(31-26(35)25-19-21-10-6-7-12-24(21)40-25)27(36)32-14-16-33(17-15-32)28(37)23-11-8-9-13-34(23)29(38)39-30(3,4)5/h6-7,10,12,19-20,22-23H,8-9,11,13-18H2,1-5H3,(H,31,35)/t22-,23+/m0/s1. The molecule has 3 heterocycles. The predicted molar refractivity (Wildman–Crippen MR) is 156 cm³/mol. The summed E-state index contributed by atoms with van der Waals surface area (Å²) >= 11 is 1.42. The van der Waals surface area contributed by atoms with E-state index in [0.717, 1.165) is 22.9 Å². The fourth-order valence-corrected chi connectivity index (χ4v) is 6.29. The Morgan fingerprint density at radius 2 is 1.68 bits per heavy atom. The lowest BCUT2D eigenvalue weighted by Gasteiger charge is -2.41. The van der Waals surface area contributed by atoms with Crippen LogP contribution in [-0.2, 0) is 14.3 Å². The van der Waals surface area contributed by atoms with Crippen LogP contribution in [0.5, 0.6) is 0 Å². The van der Waals surface area contributed by atoms with Crippen LogP contribution < -0.4 is 5.32 Å². The number of carbonyl (C=O) groups is 4. The van der Waals surface area contributed by atoms with Gasteiger partial charge in [-0.05, 0) is 69.9 Å². The van der Waals surface area contributed by atoms with Crippen LogP contribution in [0.4, 0.5) is 4.79 Å². The summed E-state index contributed by atoms with van der Waals surface area (Å²) in [6.45, 7) is 11.6. The molecule has 9 nitrogen and oxygen atoms in total. The molecule has 0 radical (unpaired) electrons. The minimum absolute atomic E-state index is 0.0885. The van der Waals surface area contributed by atoms with Crippen LogP contribution in [0.25, 0.3) is 10.1 Å². The molecule has 0 spiro atoms. The second-order valence-corrected chi connectivity index (χ2v) is 13.2. The number of likely N-dealkylation sites (tertiary alicyclic amines) is 1. The van der Waals surface area contributed by atoms with E-state index in [1.54, 1.807) is 14.7 Å². The van der Waals surface area contributed by atoms with E-state index in [2.05, 4.69) is 5.32 Å². The third kappa shape index (κ3) is 7.33. The SMILES string of the molecule is CC(C)C[C@H](NC(=O)c1cc2ccccc2s1)C(=O)N1CCN(C(=O)[C@H]2CCCCN2C(=O)OC(C)(C)C)CC1. The quantitative estimate of drug-likeness (QED) is 0.551. The second-order valence-electron chi connectivity index (χ2n) is 12.1. The van der Waals surface area contributed by atoms with Crippen molar-refractivity contribution in [1.29, 1.82) is 0 Å². The molecule has 218 valence electrons. The van der Waals surface area contributed by atoms with E-state index in [-0.39, 0.29) is 23.6 Å². The Hall–Kier alpha value is -3.14. The van der Waals surface area contributed by atoms with Gasteiger partial charge in [-0.1, -0.05) is 32.0 Å². The Labute approximate surface area is 240 Å². The molecule has 2 aliphatic rings. The fraction of sp³-hybridized carbons (Fsp3) is 0.600. The molecule has 1 aromatic carbocycles. The first-order valence-electron chi connectivity index (χ1n) is 14.3. The summed E-state index contributed by atoms with van der Waals surface area (Å²) in [7, 11) is 0. The van der Waals surface area contributed by atoms with Gasteiger partial charge in [0.25, 0.3) is 5.91 Å². The largest absolute Gasteiger partial charge is 0.444 e. The maximum atomic E-state index is 13.6. The molecular weight excluding hydrogens is 528 g/mol. The molecule has 0 unspecified atom stereocenters. The van der Waals surface area contributed by atoms with E-state index in [4.69, 9.17) is 4.74 Å². The number of nitrogens with one attached hydrogen (secondary N) is 1. The van der Waals surface area contributed by atoms with Crippen LogP contribution >= 0.6 is 11.3 Å². The number of benzene rings is 1. The molecule has 0 saturated carbocycles. The summed E-state index contributed by atoms with van der Waals surface area (Å²) in [5, 5.41) is 3.99. The highest BCUT2D eigenvalue weighted by molar-refractivity contribution is 7.20. The van der Waals surface area contributed by atoms with Crippen molar-refractivity contribution in [2.75, 3.05) is 32.7 Å². The predicted octanol–water partition coefficient (Wildman–Crippen LogP) is 4.51. The van der Waals surface area contributed by atoms with Gasteiger partial charge < -0.3 is 19.9 Å². The Kier molecular flexibility index (Phi) is 9.38. The molecule has 2 aliphatic heterocycles. The lowest BCUT2D eigenvalue weighted by atomic mass is 10.0. The zero-order chi connectivity index (χ0) is 29.0. The summed E-state index contributed by atoms with van der Waals surface area (Å²) in [6.07, 6.45) is 2.41. The minimum atomic E-state index is -0.638. The fourth-order valence-electron chi connectivity index (χ4n) is 5.32. The number of rotatable bonds is 6. The zero-order valence-corrected chi connectivity index (χ0v) is 25.1. The summed E-state index contributed by atoms with van der Waals surface area (Å²) in [6, 6.07) is 8.52. The van der Waals surface area contributed by atoms with Gasteiger partial charge in [-0.3, -0.25) is 19.3 Å². The first-order chi connectivity index (χ1) is 18.9. The zero-order valence-electron chi connectivity index (χ0n) is 24.3. The monoisotopic (exact) mass is 570 g/mol. The number of carbonyl (C=O) groups excluding carboxylic acids is 4. The van der Waals surface area contributed by atoms with Crippen molar-refractivity contribution >= 4 is 45.2 Å². The molecule has 2 fully saturated rings. The summed E-state index contributed by atoms with van der Waals surface area (Å²) in [4.78, 5) is 58.6. The number of piperazine rings is 1. The highest BCUT2D eigenvalue weighted by atomic mass is 32.1. The number of amides is 4. The van der Waals surface area contributed by atoms with E-state index >= 15 is 0 Å². The van der Waals surface area contributed by atoms with Gasteiger partial charge in [0.2, 0.25) is 11.8 Å². The third-order valence-corrected chi connectivity index (χ3v) is 8.39.